The van der Waals surface area contributed by atoms with Crippen molar-refractivity contribution in [2.45, 2.75) is 58.3 Å². The zero-order chi connectivity index (χ0) is 9.94. The summed E-state index contributed by atoms with van der Waals surface area (Å²) in [6.45, 7) is 2.22. The highest BCUT2D eigenvalue weighted by Crippen LogP contribution is 2.16. The quantitative estimate of drug-likeness (QED) is 0.458. The Morgan fingerprint density at radius 1 is 0.923 bits per heavy atom. The van der Waals surface area contributed by atoms with Crippen molar-refractivity contribution >= 4 is 8.03 Å². The molecule has 0 aliphatic heterocycles. The zero-order valence-electron chi connectivity index (χ0n) is 8.67. The van der Waals surface area contributed by atoms with Gasteiger partial charge in [-0.05, 0) is 17.4 Å². The molecule has 0 aromatic heterocycles. The third kappa shape index (κ3) is 12.1. The molecule has 2 nitrogen and oxygen atoms in total. The first-order valence-electron chi connectivity index (χ1n) is 5.41. The van der Waals surface area contributed by atoms with Crippen LogP contribution in [0.3, 0.4) is 0 Å². The van der Waals surface area contributed by atoms with Crippen molar-refractivity contribution in [3.05, 3.63) is 0 Å². The Morgan fingerprint density at radius 2 is 1.38 bits per heavy atom. The van der Waals surface area contributed by atoms with E-state index in [1.165, 1.54) is 38.5 Å². The lowest BCUT2D eigenvalue weighted by atomic mass is 10.1. The molecule has 0 aromatic carbocycles. The molecule has 0 aliphatic carbocycles. The van der Waals surface area contributed by atoms with Crippen LogP contribution in [-0.2, 0) is 4.57 Å². The Balaban J connectivity index is 2.87. The van der Waals surface area contributed by atoms with Crippen LogP contribution in [0.15, 0.2) is 0 Å². The molecule has 0 saturated heterocycles. The van der Waals surface area contributed by atoms with Gasteiger partial charge in [0, 0.05) is 0 Å². The van der Waals surface area contributed by atoms with Crippen molar-refractivity contribution in [3.63, 3.8) is 0 Å². The lowest BCUT2D eigenvalue weighted by molar-refractivity contribution is 0.498. The highest BCUT2D eigenvalue weighted by Gasteiger charge is 2.07. The van der Waals surface area contributed by atoms with Crippen molar-refractivity contribution in [1.82, 2.24) is 0 Å². The summed E-state index contributed by atoms with van der Waals surface area (Å²) in [7, 11) is -1.88. The van der Waals surface area contributed by atoms with Gasteiger partial charge in [-0.25, -0.2) is 0 Å². The molecule has 0 spiro atoms. The first-order valence-corrected chi connectivity index (χ1v) is 6.80. The summed E-state index contributed by atoms with van der Waals surface area (Å²) >= 11 is 0. The topological polar surface area (TPSA) is 37.3 Å². The van der Waals surface area contributed by atoms with E-state index in [0.29, 0.717) is 6.16 Å². The highest BCUT2D eigenvalue weighted by molar-refractivity contribution is 7.37. The van der Waals surface area contributed by atoms with E-state index in [9.17, 15) is 4.57 Å². The summed E-state index contributed by atoms with van der Waals surface area (Å²) in [6, 6.07) is 0. The van der Waals surface area contributed by atoms with Gasteiger partial charge < -0.3 is 0 Å². The van der Waals surface area contributed by atoms with Gasteiger partial charge in [0.1, 0.15) is 0 Å². The van der Waals surface area contributed by atoms with Crippen LogP contribution in [0, 0.1) is 0 Å². The monoisotopic (exact) mass is 205 g/mol. The maximum absolute atomic E-state index is 10.3. The second-order valence-electron chi connectivity index (χ2n) is 3.55. The van der Waals surface area contributed by atoms with E-state index in [2.05, 4.69) is 6.92 Å². The highest BCUT2D eigenvalue weighted by atomic mass is 31.1. The van der Waals surface area contributed by atoms with E-state index in [0.717, 1.165) is 12.8 Å². The summed E-state index contributed by atoms with van der Waals surface area (Å²) in [4.78, 5) is 8.53. The average molecular weight is 205 g/mol. The van der Waals surface area contributed by atoms with Gasteiger partial charge >= 0.3 is 8.03 Å². The molecule has 1 N–H and O–H groups in total. The van der Waals surface area contributed by atoms with E-state index < -0.39 is 8.03 Å². The maximum atomic E-state index is 10.3. The van der Waals surface area contributed by atoms with Gasteiger partial charge in [-0.1, -0.05) is 45.4 Å². The Bertz CT molecular complexity index is 126. The van der Waals surface area contributed by atoms with Gasteiger partial charge in [-0.15, -0.1) is 0 Å². The molecule has 13 heavy (non-hydrogen) atoms. The Morgan fingerprint density at radius 3 is 1.85 bits per heavy atom. The van der Waals surface area contributed by atoms with Crippen LogP contribution in [0.25, 0.3) is 0 Å². The zero-order valence-corrected chi connectivity index (χ0v) is 9.56. The normalized spacial score (nSPS) is 11.7. The van der Waals surface area contributed by atoms with Crippen LogP contribution in [-0.4, -0.2) is 11.1 Å². The molecule has 0 heterocycles. The van der Waals surface area contributed by atoms with Crippen LogP contribution in [0.5, 0.6) is 0 Å². The maximum Gasteiger partial charge on any atom is 0.505 e. The Kier molecular flexibility index (Phi) is 10.2. The lowest BCUT2D eigenvalue weighted by Gasteiger charge is -1.98. The standard InChI is InChI=1S/C10H21O2P/c1-2-3-4-5-6-7-8-9-10-13(11)12/h2-10H2,1H3/p+1. The van der Waals surface area contributed by atoms with Gasteiger partial charge in [-0.2, -0.15) is 4.89 Å². The number of unbranched alkanes of at least 4 members (excludes halogenated alkanes) is 7. The van der Waals surface area contributed by atoms with Crippen LogP contribution < -0.4 is 0 Å². The first-order chi connectivity index (χ1) is 6.27. The minimum absolute atomic E-state index is 0.490. The molecule has 3 heteroatoms. The predicted octanol–water partition coefficient (Wildman–Crippen LogP) is 3.86. The van der Waals surface area contributed by atoms with E-state index in [1.807, 2.05) is 0 Å². The van der Waals surface area contributed by atoms with E-state index >= 15 is 0 Å². The van der Waals surface area contributed by atoms with Crippen molar-refractivity contribution in [1.29, 1.82) is 0 Å². The fourth-order valence-corrected chi connectivity index (χ4v) is 1.88. The summed E-state index contributed by atoms with van der Waals surface area (Å²) in [5.41, 5.74) is 0. The Hall–Kier alpha value is 0.0600. The molecule has 0 aliphatic rings. The van der Waals surface area contributed by atoms with Crippen molar-refractivity contribution in [3.8, 4) is 0 Å². The van der Waals surface area contributed by atoms with Gasteiger partial charge in [0.05, 0.1) is 0 Å². The van der Waals surface area contributed by atoms with E-state index in [1.54, 1.807) is 0 Å². The summed E-state index contributed by atoms with van der Waals surface area (Å²) in [5, 5.41) is 0. The minimum Gasteiger partial charge on any atom is -0.161 e. The van der Waals surface area contributed by atoms with Crippen molar-refractivity contribution < 1.29 is 9.46 Å². The first kappa shape index (κ1) is 13.1. The second kappa shape index (κ2) is 10.1. The van der Waals surface area contributed by atoms with Gasteiger partial charge in [0.25, 0.3) is 0 Å². The molecule has 0 radical (unpaired) electrons. The molecule has 78 valence electrons. The molecule has 1 unspecified atom stereocenters. The average Bonchev–Trinajstić information content (AvgIpc) is 2.09. The molecular formula is C10H22O2P+. The van der Waals surface area contributed by atoms with Crippen LogP contribution in [0.1, 0.15) is 58.3 Å². The van der Waals surface area contributed by atoms with Gasteiger partial charge in [0.2, 0.25) is 0 Å². The number of hydrogen-bond donors (Lipinski definition) is 1. The third-order valence-electron chi connectivity index (χ3n) is 2.20. The smallest absolute Gasteiger partial charge is 0.161 e. The van der Waals surface area contributed by atoms with E-state index in [4.69, 9.17) is 4.89 Å². The van der Waals surface area contributed by atoms with Crippen molar-refractivity contribution in [2.75, 3.05) is 6.16 Å². The van der Waals surface area contributed by atoms with Crippen LogP contribution in [0.4, 0.5) is 0 Å². The third-order valence-corrected chi connectivity index (χ3v) is 2.90. The molecule has 0 rings (SSSR count). The molecule has 0 amide bonds. The van der Waals surface area contributed by atoms with Crippen LogP contribution >= 0.6 is 8.03 Å². The lowest BCUT2D eigenvalue weighted by Crippen LogP contribution is -1.82. The largest absolute Gasteiger partial charge is 0.505 e. The molecule has 0 aromatic rings. The fourth-order valence-electron chi connectivity index (χ4n) is 1.38. The van der Waals surface area contributed by atoms with E-state index in [-0.39, 0.29) is 0 Å². The van der Waals surface area contributed by atoms with Gasteiger partial charge in [0.15, 0.2) is 6.16 Å². The van der Waals surface area contributed by atoms with Gasteiger partial charge in [-0.3, -0.25) is 0 Å². The summed E-state index contributed by atoms with van der Waals surface area (Å²) < 4.78 is 10.3. The second-order valence-corrected chi connectivity index (χ2v) is 4.70. The number of rotatable bonds is 9. The molecule has 1 atom stereocenters. The fraction of sp³-hybridized carbons (Fsp3) is 1.00. The minimum atomic E-state index is -1.88. The van der Waals surface area contributed by atoms with Crippen molar-refractivity contribution in [2.24, 2.45) is 0 Å². The van der Waals surface area contributed by atoms with Crippen LogP contribution in [0.2, 0.25) is 0 Å². The number of hydrogen-bond acceptors (Lipinski definition) is 1. The SMILES string of the molecule is CCCCCCCCCC[P+](=O)O. The molecule has 0 saturated carbocycles. The predicted molar refractivity (Wildman–Crippen MR) is 57.3 cm³/mol. The molecule has 0 fully saturated rings. The molecular weight excluding hydrogens is 183 g/mol. The Labute approximate surface area is 82.6 Å². The summed E-state index contributed by atoms with van der Waals surface area (Å²) in [5.74, 6) is 0. The molecule has 0 bridgehead atoms. The summed E-state index contributed by atoms with van der Waals surface area (Å²) in [6.07, 6.45) is 10.4.